The molecule has 5 aliphatic rings. The van der Waals surface area contributed by atoms with Crippen molar-refractivity contribution in [2.24, 2.45) is 11.8 Å². The van der Waals surface area contributed by atoms with E-state index in [2.05, 4.69) is 55.9 Å². The van der Waals surface area contributed by atoms with Gasteiger partial charge in [-0.25, -0.2) is 0 Å². The third-order valence-corrected chi connectivity index (χ3v) is 15.0. The maximum Gasteiger partial charge on any atom is 1.00 e. The third kappa shape index (κ3) is 15.7. The Kier molecular flexibility index (Phi) is 23.6. The van der Waals surface area contributed by atoms with Gasteiger partial charge in [0.15, 0.2) is 17.4 Å². The van der Waals surface area contributed by atoms with Crippen LogP contribution in [0.25, 0.3) is 0 Å². The van der Waals surface area contributed by atoms with Gasteiger partial charge in [0.05, 0.1) is 9.85 Å². The largest absolute Gasteiger partial charge is 1.00 e. The van der Waals surface area contributed by atoms with Crippen LogP contribution in [0.4, 0.5) is 17.1 Å². The Morgan fingerprint density at radius 3 is 1.75 bits per heavy atom. The van der Waals surface area contributed by atoms with Crippen LogP contribution in [0.15, 0.2) is 54.6 Å². The van der Waals surface area contributed by atoms with Gasteiger partial charge < -0.3 is 16.1 Å². The molecule has 5 aliphatic carbocycles. The van der Waals surface area contributed by atoms with Crippen LogP contribution in [0, 0.1) is 32.1 Å². The van der Waals surface area contributed by atoms with Gasteiger partial charge in [-0.15, -0.1) is 0 Å². The first-order valence-corrected chi connectivity index (χ1v) is 25.3. The van der Waals surface area contributed by atoms with Crippen molar-refractivity contribution in [2.75, 3.05) is 38.6 Å². The molecular weight excluding hydrogens is 849 g/mol. The number of nitro benzene ring substituents is 2. The summed E-state index contributed by atoms with van der Waals surface area (Å²) in [6, 6.07) is 18.1. The van der Waals surface area contributed by atoms with Crippen molar-refractivity contribution >= 4 is 46.1 Å². The van der Waals surface area contributed by atoms with E-state index in [4.69, 9.17) is 0 Å². The van der Waals surface area contributed by atoms with Crippen LogP contribution in [-0.2, 0) is 48.1 Å². The minimum atomic E-state index is -0.419. The fraction of sp³-hybridized carbons (Fsp3) is 0.630. The average Bonchev–Trinajstić information content (AvgIpc) is 3.32. The normalized spacial score (nSPS) is 19.0. The number of carbonyl (C=O) groups is 2. The second-order valence-electron chi connectivity index (χ2n) is 19.8. The van der Waals surface area contributed by atoms with Gasteiger partial charge in [0.2, 0.25) is 5.91 Å². The van der Waals surface area contributed by atoms with E-state index in [1.54, 1.807) is 29.3 Å². The minimum Gasteiger partial charge on any atom is -1.00 e. The Labute approximate surface area is 425 Å². The topological polar surface area (TPSA) is 130 Å². The summed E-state index contributed by atoms with van der Waals surface area (Å²) in [6.45, 7) is 7.79. The molecule has 2 atom stereocenters. The van der Waals surface area contributed by atoms with Crippen LogP contribution in [0.2, 0.25) is 0 Å². The summed E-state index contributed by atoms with van der Waals surface area (Å²) >= 11 is 0. The van der Waals surface area contributed by atoms with E-state index in [0.29, 0.717) is 37.2 Å². The molecule has 2 saturated carbocycles. The molecule has 2 fully saturated rings. The number of nitro groups is 2. The van der Waals surface area contributed by atoms with Gasteiger partial charge in [-0.05, 0) is 130 Å². The summed E-state index contributed by atoms with van der Waals surface area (Å²) in [7, 11) is 4.37. The molecule has 0 heterocycles. The summed E-state index contributed by atoms with van der Waals surface area (Å²) in [6.07, 6.45) is 25.3. The molecule has 0 radical (unpaired) electrons. The Morgan fingerprint density at radius 1 is 0.642 bits per heavy atom. The van der Waals surface area contributed by atoms with E-state index in [-0.39, 0.29) is 78.1 Å². The smallest absolute Gasteiger partial charge is 1.00 e. The van der Waals surface area contributed by atoms with Crippen molar-refractivity contribution < 1.29 is 39.7 Å². The second kappa shape index (κ2) is 28.2. The van der Waals surface area contributed by atoms with Gasteiger partial charge in [-0.2, -0.15) is 0 Å². The van der Waals surface area contributed by atoms with E-state index >= 15 is 0 Å². The number of amides is 1. The maximum absolute atomic E-state index is 13.0. The van der Waals surface area contributed by atoms with Crippen LogP contribution in [0.3, 0.4) is 0 Å². The Bertz CT molecular complexity index is 2080. The maximum atomic E-state index is 13.0. The monoisotopic (exact) mass is 930 g/mol. The van der Waals surface area contributed by atoms with Gasteiger partial charge >= 0.3 is 18.9 Å². The second-order valence-corrected chi connectivity index (χ2v) is 19.8. The number of hydrogen-bond acceptors (Lipinski definition) is 8. The van der Waals surface area contributed by atoms with Crippen LogP contribution in [-0.4, -0.2) is 94.5 Å². The number of carbonyl (C=O) groups excluding carboxylic acids is 2. The molecule has 0 spiro atoms. The molecule has 0 aromatic heterocycles. The molecule has 67 heavy (non-hydrogen) atoms. The molecule has 0 N–H and O–H groups in total. The van der Waals surface area contributed by atoms with Gasteiger partial charge in [0.1, 0.15) is 5.78 Å². The number of hydrogen-bond donors (Lipinski definition) is 0. The van der Waals surface area contributed by atoms with Crippen molar-refractivity contribution in [1.29, 1.82) is 0 Å². The van der Waals surface area contributed by atoms with Gasteiger partial charge in [-0.1, -0.05) is 102 Å². The first kappa shape index (κ1) is 56.1. The van der Waals surface area contributed by atoms with Gasteiger partial charge in [0.25, 0.3) is 11.4 Å². The SMILES string of the molecule is CCCN(C(=O)CC1CCCCC1)C1CCc2cccc([N+](=O)[O-])c2C1.CCCN(CCC1CCCCC1)C1CCc2cccc(N(C)C)c2C1.O=C1CCc2cccc([N+](=O)[O-])c2C1.[AlH3].[H-].[Li+]. The molecule has 3 aromatic carbocycles. The fourth-order valence-corrected chi connectivity index (χ4v) is 11.6. The van der Waals surface area contributed by atoms with Gasteiger partial charge in [0, 0.05) is 80.9 Å². The summed E-state index contributed by atoms with van der Waals surface area (Å²) in [4.78, 5) is 52.7. The number of benzene rings is 3. The molecular formula is C54H81AlLiN5O6. The summed E-state index contributed by atoms with van der Waals surface area (Å²) in [5.41, 5.74) is 8.39. The fourth-order valence-electron chi connectivity index (χ4n) is 11.6. The average molecular weight is 930 g/mol. The van der Waals surface area contributed by atoms with Crippen molar-refractivity contribution in [1.82, 2.24) is 9.80 Å². The molecule has 8 rings (SSSR count). The van der Waals surface area contributed by atoms with Crippen LogP contribution in [0.1, 0.15) is 158 Å². The zero-order valence-corrected chi connectivity index (χ0v) is 41.1. The summed E-state index contributed by atoms with van der Waals surface area (Å²) in [5.74, 6) is 1.87. The Morgan fingerprint density at radius 2 is 1.16 bits per heavy atom. The van der Waals surface area contributed by atoms with Crippen molar-refractivity contribution in [2.45, 2.75) is 174 Å². The molecule has 362 valence electrons. The van der Waals surface area contributed by atoms with E-state index in [9.17, 15) is 29.8 Å². The zero-order chi connectivity index (χ0) is 46.3. The number of nitrogens with zero attached hydrogens (tertiary/aromatic N) is 5. The van der Waals surface area contributed by atoms with E-state index in [1.165, 1.54) is 121 Å². The molecule has 0 bridgehead atoms. The van der Waals surface area contributed by atoms with Crippen LogP contribution >= 0.6 is 0 Å². The molecule has 11 nitrogen and oxygen atoms in total. The predicted molar refractivity (Wildman–Crippen MR) is 273 cm³/mol. The predicted octanol–water partition coefficient (Wildman–Crippen LogP) is 7.54. The van der Waals surface area contributed by atoms with E-state index < -0.39 is 4.92 Å². The molecule has 2 unspecified atom stereocenters. The first-order valence-electron chi connectivity index (χ1n) is 25.3. The van der Waals surface area contributed by atoms with Crippen LogP contribution in [0.5, 0.6) is 0 Å². The quantitative estimate of drug-likeness (QED) is 0.0922. The van der Waals surface area contributed by atoms with E-state index in [1.807, 2.05) is 17.0 Å². The Balaban J connectivity index is 0.000000275. The summed E-state index contributed by atoms with van der Waals surface area (Å²) in [5, 5.41) is 22.1. The van der Waals surface area contributed by atoms with E-state index in [0.717, 1.165) is 54.5 Å². The number of ketones is 1. The number of rotatable bonds is 14. The van der Waals surface area contributed by atoms with Crippen LogP contribution < -0.4 is 23.8 Å². The summed E-state index contributed by atoms with van der Waals surface area (Å²) < 4.78 is 0. The van der Waals surface area contributed by atoms with Crippen molar-refractivity contribution in [3.63, 3.8) is 0 Å². The number of aryl methyl sites for hydroxylation is 3. The Hall–Kier alpha value is -3.51. The molecule has 0 aliphatic heterocycles. The first-order chi connectivity index (χ1) is 31.5. The number of fused-ring (bicyclic) bond motifs is 3. The zero-order valence-electron chi connectivity index (χ0n) is 42.1. The van der Waals surface area contributed by atoms with Crippen molar-refractivity contribution in [3.05, 3.63) is 108 Å². The molecule has 0 saturated heterocycles. The third-order valence-electron chi connectivity index (χ3n) is 15.0. The number of Topliss-reactive ketones (excluding diaryl/α,β-unsaturated/α-hetero) is 1. The standard InChI is InChI=1S/C23H38N2.C21H30N2O3.C10H9NO3.Al.Li.4H/c1-4-16-25(17-15-19-9-6-5-7-10-19)21-14-13-20-11-8-12-23(24(2)3)22(20)18-21;1-2-13-22(21(24)14-16-7-4-3-5-8-16)18-12-11-17-9-6-10-20(23(25)26)19(17)15-18;12-8-5-4-7-2-1-3-10(11(13)14)9(7)6-8;;;;;;/h8,11-12,19,21H,4-7,9-10,13-18H2,1-3H3;6,9-10,16,18H,2-5,7-8,11-15H2,1H3;1-3H,4-6H2;;;;;;/q;;;;+1;;;;-1. The number of anilines is 1. The minimum absolute atomic E-state index is 0. The van der Waals surface area contributed by atoms with Crippen molar-refractivity contribution in [3.8, 4) is 0 Å². The molecule has 13 heteroatoms. The molecule has 3 aromatic rings. The molecule has 1 amide bonds. The van der Waals surface area contributed by atoms with Gasteiger partial charge in [-0.3, -0.25) is 29.8 Å².